The van der Waals surface area contributed by atoms with Crippen LogP contribution in [-0.2, 0) is 4.74 Å². The van der Waals surface area contributed by atoms with Gasteiger partial charge in [-0.15, -0.1) is 0 Å². The molecule has 0 bridgehead atoms. The molecule has 1 aliphatic heterocycles. The summed E-state index contributed by atoms with van der Waals surface area (Å²) in [5.74, 6) is 0. The summed E-state index contributed by atoms with van der Waals surface area (Å²) in [5, 5.41) is 0. The van der Waals surface area contributed by atoms with E-state index in [4.69, 9.17) is 4.74 Å². The minimum Gasteiger partial charge on any atom is -0.379 e. The Hall–Kier alpha value is -0.800. The summed E-state index contributed by atoms with van der Waals surface area (Å²) < 4.78 is 5.36. The van der Waals surface area contributed by atoms with Gasteiger partial charge in [0.25, 0.3) is 0 Å². The predicted molar refractivity (Wildman–Crippen MR) is 56.2 cm³/mol. The summed E-state index contributed by atoms with van der Waals surface area (Å²) in [6.45, 7) is 6.09. The van der Waals surface area contributed by atoms with Gasteiger partial charge in [0, 0.05) is 31.0 Å². The molecule has 0 radical (unpaired) electrons. The summed E-state index contributed by atoms with van der Waals surface area (Å²) in [6.07, 6.45) is 3.15. The number of hydrogen-bond acceptors (Lipinski definition) is 2. The first kappa shape index (κ1) is 9.74. The van der Waals surface area contributed by atoms with Crippen LogP contribution in [0.1, 0.15) is 25.1 Å². The van der Waals surface area contributed by atoms with Crippen LogP contribution in [0.15, 0.2) is 18.3 Å². The minimum absolute atomic E-state index is 0.536. The number of morpholine rings is 1. The third kappa shape index (κ3) is 1.99. The number of nitrogens with one attached hydrogen (secondary N) is 1. The predicted octanol–water partition coefficient (Wildman–Crippen LogP) is 1.80. The van der Waals surface area contributed by atoms with Gasteiger partial charge in [-0.3, -0.25) is 4.90 Å². The van der Waals surface area contributed by atoms with E-state index < -0.39 is 0 Å². The molecule has 1 atom stereocenters. The number of aromatic amines is 1. The average molecular weight is 194 g/mol. The van der Waals surface area contributed by atoms with Crippen LogP contribution in [0, 0.1) is 0 Å². The lowest BCUT2D eigenvalue weighted by atomic mass is 10.1. The van der Waals surface area contributed by atoms with Crippen LogP contribution in [0.3, 0.4) is 0 Å². The summed E-state index contributed by atoms with van der Waals surface area (Å²) in [6, 6.07) is 4.77. The first-order valence-electron chi connectivity index (χ1n) is 5.37. The second kappa shape index (κ2) is 4.62. The molecule has 0 aromatic carbocycles. The molecule has 1 saturated heterocycles. The Labute approximate surface area is 85.1 Å². The Kier molecular flexibility index (Phi) is 3.22. The molecule has 14 heavy (non-hydrogen) atoms. The van der Waals surface area contributed by atoms with E-state index in [0.29, 0.717) is 6.04 Å². The summed E-state index contributed by atoms with van der Waals surface area (Å²) >= 11 is 0. The fraction of sp³-hybridized carbons (Fsp3) is 0.636. The van der Waals surface area contributed by atoms with E-state index in [1.807, 2.05) is 6.20 Å². The fourth-order valence-electron chi connectivity index (χ4n) is 2.12. The zero-order chi connectivity index (χ0) is 9.80. The monoisotopic (exact) mass is 194 g/mol. The number of ether oxygens (including phenoxy) is 1. The van der Waals surface area contributed by atoms with Crippen LogP contribution >= 0.6 is 0 Å². The van der Waals surface area contributed by atoms with Crippen molar-refractivity contribution in [2.75, 3.05) is 26.3 Å². The quantitative estimate of drug-likeness (QED) is 0.794. The molecule has 1 aromatic rings. The van der Waals surface area contributed by atoms with E-state index in [0.717, 1.165) is 32.7 Å². The maximum atomic E-state index is 5.36. The van der Waals surface area contributed by atoms with Crippen LogP contribution in [0.4, 0.5) is 0 Å². The molecular weight excluding hydrogens is 176 g/mol. The minimum atomic E-state index is 0.536. The molecule has 1 aliphatic rings. The zero-order valence-corrected chi connectivity index (χ0v) is 8.70. The number of aromatic nitrogens is 1. The molecule has 1 unspecified atom stereocenters. The molecule has 2 rings (SSSR count). The number of H-pyrrole nitrogens is 1. The first-order valence-corrected chi connectivity index (χ1v) is 5.37. The third-order valence-corrected chi connectivity index (χ3v) is 2.85. The molecular formula is C11H18N2O. The summed E-state index contributed by atoms with van der Waals surface area (Å²) in [4.78, 5) is 5.80. The molecule has 0 saturated carbocycles. The number of hydrogen-bond donors (Lipinski definition) is 1. The molecule has 0 amide bonds. The van der Waals surface area contributed by atoms with E-state index in [2.05, 4.69) is 28.9 Å². The van der Waals surface area contributed by atoms with Crippen LogP contribution in [-0.4, -0.2) is 36.2 Å². The molecule has 1 fully saturated rings. The molecule has 0 aliphatic carbocycles. The van der Waals surface area contributed by atoms with Crippen molar-refractivity contribution in [2.24, 2.45) is 0 Å². The smallest absolute Gasteiger partial charge is 0.0594 e. The van der Waals surface area contributed by atoms with Crippen molar-refractivity contribution in [1.82, 2.24) is 9.88 Å². The molecule has 1 aromatic heterocycles. The van der Waals surface area contributed by atoms with Crippen molar-refractivity contribution >= 4 is 0 Å². The topological polar surface area (TPSA) is 28.3 Å². The molecule has 0 spiro atoms. The highest BCUT2D eigenvalue weighted by molar-refractivity contribution is 5.09. The van der Waals surface area contributed by atoms with Gasteiger partial charge in [-0.1, -0.05) is 6.92 Å². The Balaban J connectivity index is 2.04. The van der Waals surface area contributed by atoms with E-state index in [9.17, 15) is 0 Å². The van der Waals surface area contributed by atoms with Gasteiger partial charge in [0.1, 0.15) is 0 Å². The van der Waals surface area contributed by atoms with Gasteiger partial charge in [0.05, 0.1) is 13.2 Å². The van der Waals surface area contributed by atoms with Crippen molar-refractivity contribution in [3.8, 4) is 0 Å². The Morgan fingerprint density at radius 2 is 2.29 bits per heavy atom. The normalized spacial score (nSPS) is 20.9. The molecule has 78 valence electrons. The Morgan fingerprint density at radius 1 is 1.50 bits per heavy atom. The largest absolute Gasteiger partial charge is 0.379 e. The SMILES string of the molecule is CCC(c1ccc[nH]1)N1CCOCC1. The Morgan fingerprint density at radius 3 is 2.86 bits per heavy atom. The lowest BCUT2D eigenvalue weighted by Crippen LogP contribution is -2.39. The molecule has 1 N–H and O–H groups in total. The van der Waals surface area contributed by atoms with Crippen LogP contribution in [0.5, 0.6) is 0 Å². The van der Waals surface area contributed by atoms with Crippen LogP contribution in [0.2, 0.25) is 0 Å². The maximum absolute atomic E-state index is 5.36. The van der Waals surface area contributed by atoms with E-state index in [1.165, 1.54) is 5.69 Å². The lowest BCUT2D eigenvalue weighted by molar-refractivity contribution is 0.0145. The van der Waals surface area contributed by atoms with Crippen molar-refractivity contribution < 1.29 is 4.74 Å². The maximum Gasteiger partial charge on any atom is 0.0594 e. The van der Waals surface area contributed by atoms with Gasteiger partial charge in [-0.25, -0.2) is 0 Å². The second-order valence-electron chi connectivity index (χ2n) is 3.70. The average Bonchev–Trinajstić information content (AvgIpc) is 2.74. The lowest BCUT2D eigenvalue weighted by Gasteiger charge is -2.33. The molecule has 3 heteroatoms. The van der Waals surface area contributed by atoms with Gasteiger partial charge in [0.15, 0.2) is 0 Å². The van der Waals surface area contributed by atoms with Gasteiger partial charge in [0.2, 0.25) is 0 Å². The Bertz CT molecular complexity index is 252. The van der Waals surface area contributed by atoms with Crippen molar-refractivity contribution in [3.63, 3.8) is 0 Å². The molecule has 2 heterocycles. The van der Waals surface area contributed by atoms with Crippen molar-refractivity contribution in [2.45, 2.75) is 19.4 Å². The highest BCUT2D eigenvalue weighted by Gasteiger charge is 2.21. The summed E-state index contributed by atoms with van der Waals surface area (Å²) in [5.41, 5.74) is 1.33. The van der Waals surface area contributed by atoms with Crippen molar-refractivity contribution in [1.29, 1.82) is 0 Å². The standard InChI is InChI=1S/C11H18N2O/c1-2-11(10-4-3-5-12-10)13-6-8-14-9-7-13/h3-5,11-12H,2,6-9H2,1H3. The highest BCUT2D eigenvalue weighted by Crippen LogP contribution is 2.23. The van der Waals surface area contributed by atoms with Gasteiger partial charge < -0.3 is 9.72 Å². The zero-order valence-electron chi connectivity index (χ0n) is 8.70. The number of rotatable bonds is 3. The highest BCUT2D eigenvalue weighted by atomic mass is 16.5. The van der Waals surface area contributed by atoms with E-state index in [1.54, 1.807) is 0 Å². The third-order valence-electron chi connectivity index (χ3n) is 2.85. The fourth-order valence-corrected chi connectivity index (χ4v) is 2.12. The van der Waals surface area contributed by atoms with Gasteiger partial charge >= 0.3 is 0 Å². The van der Waals surface area contributed by atoms with E-state index >= 15 is 0 Å². The van der Waals surface area contributed by atoms with Crippen LogP contribution in [0.25, 0.3) is 0 Å². The second-order valence-corrected chi connectivity index (χ2v) is 3.70. The first-order chi connectivity index (χ1) is 6.92. The summed E-state index contributed by atoms with van der Waals surface area (Å²) in [7, 11) is 0. The van der Waals surface area contributed by atoms with Gasteiger partial charge in [-0.05, 0) is 18.6 Å². The van der Waals surface area contributed by atoms with Gasteiger partial charge in [-0.2, -0.15) is 0 Å². The van der Waals surface area contributed by atoms with E-state index in [-0.39, 0.29) is 0 Å². The van der Waals surface area contributed by atoms with Crippen LogP contribution < -0.4 is 0 Å². The molecule has 3 nitrogen and oxygen atoms in total. The number of nitrogens with zero attached hydrogens (tertiary/aromatic N) is 1. The van der Waals surface area contributed by atoms with Crippen molar-refractivity contribution in [3.05, 3.63) is 24.0 Å².